The summed E-state index contributed by atoms with van der Waals surface area (Å²) in [5.41, 5.74) is 5.31. The number of nitrogens with two attached hydrogens (primary N) is 1. The fraction of sp³-hybridized carbons (Fsp3) is 0.333. The van der Waals surface area contributed by atoms with Gasteiger partial charge in [-0.2, -0.15) is 5.26 Å². The van der Waals surface area contributed by atoms with Gasteiger partial charge in [0, 0.05) is 25.2 Å². The molecule has 2 N–H and O–H groups in total. The van der Waals surface area contributed by atoms with Crippen molar-refractivity contribution in [3.05, 3.63) is 33.9 Å². The Hall–Kier alpha value is -2.62. The number of carbonyl (C=O) groups is 1. The van der Waals surface area contributed by atoms with Crippen LogP contribution in [0.4, 0.5) is 11.4 Å². The van der Waals surface area contributed by atoms with Gasteiger partial charge in [-0.3, -0.25) is 14.9 Å². The predicted octanol–water partition coefficient (Wildman–Crippen LogP) is 1.29. The first-order valence-electron chi connectivity index (χ1n) is 5.55. The smallest absolute Gasteiger partial charge is 0.293 e. The summed E-state index contributed by atoms with van der Waals surface area (Å²) in [6.45, 7) is 2.08. The van der Waals surface area contributed by atoms with Gasteiger partial charge < -0.3 is 10.6 Å². The normalized spacial score (nSPS) is 11.4. The minimum atomic E-state index is -0.720. The number of nitro groups is 1. The Morgan fingerprint density at radius 3 is 2.74 bits per heavy atom. The van der Waals surface area contributed by atoms with Gasteiger partial charge in [0.25, 0.3) is 5.69 Å². The van der Waals surface area contributed by atoms with Crippen LogP contribution < -0.4 is 10.6 Å². The second-order valence-electron chi connectivity index (χ2n) is 4.24. The fourth-order valence-electron chi connectivity index (χ4n) is 1.70. The van der Waals surface area contributed by atoms with Gasteiger partial charge in [0.05, 0.1) is 16.9 Å². The van der Waals surface area contributed by atoms with E-state index in [1.54, 1.807) is 18.9 Å². The number of amides is 1. The van der Waals surface area contributed by atoms with Crippen LogP contribution in [0.3, 0.4) is 0 Å². The summed E-state index contributed by atoms with van der Waals surface area (Å²) in [5.74, 6) is -0.983. The van der Waals surface area contributed by atoms with Crippen molar-refractivity contribution < 1.29 is 9.72 Å². The predicted molar refractivity (Wildman–Crippen MR) is 69.7 cm³/mol. The molecule has 0 aliphatic rings. The van der Waals surface area contributed by atoms with Crippen molar-refractivity contribution in [1.29, 1.82) is 5.26 Å². The van der Waals surface area contributed by atoms with Crippen molar-refractivity contribution in [3.63, 3.8) is 0 Å². The van der Waals surface area contributed by atoms with E-state index in [-0.39, 0.29) is 17.2 Å². The highest BCUT2D eigenvalue weighted by molar-refractivity contribution is 5.94. The van der Waals surface area contributed by atoms with Gasteiger partial charge in [-0.15, -0.1) is 0 Å². The van der Waals surface area contributed by atoms with Crippen LogP contribution in [0.25, 0.3) is 0 Å². The minimum absolute atomic E-state index is 0.0807. The number of hydrogen-bond donors (Lipinski definition) is 1. The number of hydrogen-bond acceptors (Lipinski definition) is 5. The molecule has 0 aromatic heterocycles. The molecule has 19 heavy (non-hydrogen) atoms. The Morgan fingerprint density at radius 1 is 1.63 bits per heavy atom. The van der Waals surface area contributed by atoms with Crippen molar-refractivity contribution >= 4 is 17.3 Å². The maximum absolute atomic E-state index is 11.0. The summed E-state index contributed by atoms with van der Waals surface area (Å²) in [7, 11) is 1.65. The highest BCUT2D eigenvalue weighted by atomic mass is 16.6. The van der Waals surface area contributed by atoms with E-state index < -0.39 is 10.8 Å². The van der Waals surface area contributed by atoms with E-state index in [9.17, 15) is 14.9 Å². The number of primary amides is 1. The zero-order valence-electron chi connectivity index (χ0n) is 10.7. The van der Waals surface area contributed by atoms with Crippen molar-refractivity contribution in [1.82, 2.24) is 0 Å². The molecule has 1 aromatic rings. The van der Waals surface area contributed by atoms with Crippen LogP contribution in [0.1, 0.15) is 17.3 Å². The van der Waals surface area contributed by atoms with E-state index in [0.717, 1.165) is 6.07 Å². The van der Waals surface area contributed by atoms with E-state index in [0.29, 0.717) is 12.2 Å². The molecule has 0 fully saturated rings. The molecule has 100 valence electrons. The van der Waals surface area contributed by atoms with Crippen LogP contribution in [-0.4, -0.2) is 24.4 Å². The first kappa shape index (κ1) is 14.4. The molecule has 1 unspecified atom stereocenters. The van der Waals surface area contributed by atoms with Crippen molar-refractivity contribution in [2.75, 3.05) is 18.5 Å². The molecule has 7 heteroatoms. The Morgan fingerprint density at radius 2 is 2.26 bits per heavy atom. The number of nitrogens with zero attached hydrogens (tertiary/aromatic N) is 3. The highest BCUT2D eigenvalue weighted by Crippen LogP contribution is 2.28. The maximum atomic E-state index is 11.0. The van der Waals surface area contributed by atoms with E-state index >= 15 is 0 Å². The van der Waals surface area contributed by atoms with E-state index in [1.165, 1.54) is 12.1 Å². The molecule has 0 aliphatic carbocycles. The molecule has 0 radical (unpaired) electrons. The quantitative estimate of drug-likeness (QED) is 0.634. The van der Waals surface area contributed by atoms with Crippen LogP contribution >= 0.6 is 0 Å². The van der Waals surface area contributed by atoms with Crippen molar-refractivity contribution in [3.8, 4) is 6.07 Å². The van der Waals surface area contributed by atoms with Crippen LogP contribution in [0.15, 0.2) is 18.2 Å². The molecular weight excluding hydrogens is 248 g/mol. The van der Waals surface area contributed by atoms with Crippen LogP contribution in [0.2, 0.25) is 0 Å². The van der Waals surface area contributed by atoms with Gasteiger partial charge in [0.15, 0.2) is 0 Å². The third-order valence-electron chi connectivity index (χ3n) is 2.64. The van der Waals surface area contributed by atoms with Crippen LogP contribution in [0.5, 0.6) is 0 Å². The first-order valence-corrected chi connectivity index (χ1v) is 5.55. The number of anilines is 1. The third kappa shape index (κ3) is 3.42. The van der Waals surface area contributed by atoms with Crippen molar-refractivity contribution in [2.45, 2.75) is 6.92 Å². The second-order valence-corrected chi connectivity index (χ2v) is 4.24. The fourth-order valence-corrected chi connectivity index (χ4v) is 1.70. The van der Waals surface area contributed by atoms with Crippen LogP contribution in [-0.2, 0) is 0 Å². The molecular formula is C12H14N4O3. The lowest BCUT2D eigenvalue weighted by atomic mass is 10.1. The lowest BCUT2D eigenvalue weighted by Crippen LogP contribution is -2.24. The largest absolute Gasteiger partial charge is 0.368 e. The second kappa shape index (κ2) is 5.82. The molecule has 0 heterocycles. The molecule has 0 saturated carbocycles. The van der Waals surface area contributed by atoms with Gasteiger partial charge in [-0.05, 0) is 19.1 Å². The molecule has 0 saturated heterocycles. The molecule has 7 nitrogen and oxygen atoms in total. The zero-order valence-corrected chi connectivity index (χ0v) is 10.7. The van der Waals surface area contributed by atoms with Gasteiger partial charge in [-0.25, -0.2) is 0 Å². The Bertz CT molecular complexity index is 550. The topological polar surface area (TPSA) is 113 Å². The molecule has 0 spiro atoms. The number of nitro benzene ring substituents is 1. The number of benzene rings is 1. The summed E-state index contributed by atoms with van der Waals surface area (Å²) in [6, 6.07) is 6.09. The molecule has 1 rings (SSSR count). The third-order valence-corrected chi connectivity index (χ3v) is 2.64. The summed E-state index contributed by atoms with van der Waals surface area (Å²) < 4.78 is 0. The summed E-state index contributed by atoms with van der Waals surface area (Å²) in [4.78, 5) is 23.1. The SMILES string of the molecule is CC(C#N)CN(C)c1ccc(C(N)=O)cc1[N+](=O)[O-]. The van der Waals surface area contributed by atoms with Crippen LogP contribution in [0, 0.1) is 27.4 Å². The number of carbonyl (C=O) groups excluding carboxylic acids is 1. The summed E-state index contributed by atoms with van der Waals surface area (Å²) >= 11 is 0. The molecule has 1 amide bonds. The average Bonchev–Trinajstić information content (AvgIpc) is 2.37. The number of nitriles is 1. The zero-order chi connectivity index (χ0) is 14.6. The first-order chi connectivity index (χ1) is 8.86. The Labute approximate surface area is 110 Å². The monoisotopic (exact) mass is 262 g/mol. The number of rotatable bonds is 5. The minimum Gasteiger partial charge on any atom is -0.368 e. The lowest BCUT2D eigenvalue weighted by Gasteiger charge is -2.20. The van der Waals surface area contributed by atoms with E-state index in [2.05, 4.69) is 6.07 Å². The lowest BCUT2D eigenvalue weighted by molar-refractivity contribution is -0.384. The standard InChI is InChI=1S/C12H14N4O3/c1-8(6-13)7-15(2)10-4-3-9(12(14)17)5-11(10)16(18)19/h3-5,8H,7H2,1-2H3,(H2,14,17). The van der Waals surface area contributed by atoms with Gasteiger partial charge in [0.2, 0.25) is 5.91 Å². The summed E-state index contributed by atoms with van der Waals surface area (Å²) in [5, 5.41) is 19.8. The molecule has 0 aliphatic heterocycles. The van der Waals surface area contributed by atoms with Gasteiger partial charge in [0.1, 0.15) is 5.69 Å². The molecule has 0 bridgehead atoms. The van der Waals surface area contributed by atoms with Gasteiger partial charge >= 0.3 is 0 Å². The molecule has 1 atom stereocenters. The Kier molecular flexibility index (Phi) is 4.42. The van der Waals surface area contributed by atoms with Crippen molar-refractivity contribution in [2.24, 2.45) is 11.7 Å². The van der Waals surface area contributed by atoms with E-state index in [4.69, 9.17) is 11.0 Å². The Balaban J connectivity index is 3.17. The summed E-state index contributed by atoms with van der Waals surface area (Å²) in [6.07, 6.45) is 0. The molecule has 1 aromatic carbocycles. The maximum Gasteiger partial charge on any atom is 0.293 e. The van der Waals surface area contributed by atoms with E-state index in [1.807, 2.05) is 0 Å². The highest BCUT2D eigenvalue weighted by Gasteiger charge is 2.20. The average molecular weight is 262 g/mol. The van der Waals surface area contributed by atoms with Gasteiger partial charge in [-0.1, -0.05) is 0 Å².